The Morgan fingerprint density at radius 1 is 1.29 bits per heavy atom. The minimum atomic E-state index is 0.501. The second-order valence-electron chi connectivity index (χ2n) is 3.76. The predicted octanol–water partition coefficient (Wildman–Crippen LogP) is 2.02. The lowest BCUT2D eigenvalue weighted by Crippen LogP contribution is -2.08. The third-order valence-electron chi connectivity index (χ3n) is 2.19. The van der Waals surface area contributed by atoms with E-state index in [9.17, 15) is 0 Å². The van der Waals surface area contributed by atoms with Crippen molar-refractivity contribution in [2.24, 2.45) is 0 Å². The Bertz CT molecular complexity index is 303. The van der Waals surface area contributed by atoms with Crippen molar-refractivity contribution in [3.63, 3.8) is 0 Å². The Morgan fingerprint density at radius 3 is 2.82 bits per heavy atom. The van der Waals surface area contributed by atoms with Crippen molar-refractivity contribution in [3.8, 4) is 5.88 Å². The minimum absolute atomic E-state index is 0.501. The van der Waals surface area contributed by atoms with E-state index in [4.69, 9.17) is 9.47 Å². The number of unbranched alkanes of at least 4 members (excludes halogenated alkanes) is 1. The van der Waals surface area contributed by atoms with Gasteiger partial charge in [-0.3, -0.25) is 0 Å². The number of rotatable bonds is 8. The highest BCUT2D eigenvalue weighted by atomic mass is 16.5. The van der Waals surface area contributed by atoms with E-state index in [-0.39, 0.29) is 0 Å². The van der Waals surface area contributed by atoms with Crippen LogP contribution in [0.25, 0.3) is 0 Å². The van der Waals surface area contributed by atoms with Crippen LogP contribution in [0.4, 0.5) is 5.82 Å². The molecule has 5 heteroatoms. The third kappa shape index (κ3) is 5.49. The van der Waals surface area contributed by atoms with Crippen molar-refractivity contribution >= 4 is 5.82 Å². The van der Waals surface area contributed by atoms with Gasteiger partial charge in [-0.05, 0) is 13.3 Å². The second-order valence-corrected chi connectivity index (χ2v) is 3.76. The summed E-state index contributed by atoms with van der Waals surface area (Å²) in [5, 5.41) is 3.25. The standard InChI is InChI=1S/C12H21N3O2/c1-4-5-6-13-11-9-12(15-10(2)14-11)17-8-7-16-3/h9H,4-8H2,1-3H3,(H,13,14,15). The van der Waals surface area contributed by atoms with Gasteiger partial charge < -0.3 is 14.8 Å². The monoisotopic (exact) mass is 239 g/mol. The number of nitrogens with zero attached hydrogens (tertiary/aromatic N) is 2. The molecule has 0 amide bonds. The first-order valence-corrected chi connectivity index (χ1v) is 5.97. The molecule has 0 unspecified atom stereocenters. The lowest BCUT2D eigenvalue weighted by Gasteiger charge is -2.09. The Kier molecular flexibility index (Phi) is 6.32. The number of aryl methyl sites for hydroxylation is 1. The molecular weight excluding hydrogens is 218 g/mol. The van der Waals surface area contributed by atoms with E-state index in [1.165, 1.54) is 0 Å². The molecule has 1 aromatic rings. The lowest BCUT2D eigenvalue weighted by molar-refractivity contribution is 0.143. The Balaban J connectivity index is 2.53. The minimum Gasteiger partial charge on any atom is -0.475 e. The highest BCUT2D eigenvalue weighted by Gasteiger charge is 2.02. The normalized spacial score (nSPS) is 10.3. The van der Waals surface area contributed by atoms with Crippen LogP contribution < -0.4 is 10.1 Å². The van der Waals surface area contributed by atoms with Crippen LogP contribution in [0.5, 0.6) is 5.88 Å². The topological polar surface area (TPSA) is 56.3 Å². The molecule has 0 bridgehead atoms. The van der Waals surface area contributed by atoms with Gasteiger partial charge in [-0.1, -0.05) is 13.3 Å². The van der Waals surface area contributed by atoms with Gasteiger partial charge in [0.25, 0.3) is 0 Å². The van der Waals surface area contributed by atoms with Crippen LogP contribution in [0, 0.1) is 6.92 Å². The Labute approximate surface area is 103 Å². The average molecular weight is 239 g/mol. The van der Waals surface area contributed by atoms with Gasteiger partial charge in [0, 0.05) is 19.7 Å². The summed E-state index contributed by atoms with van der Waals surface area (Å²) < 4.78 is 10.4. The molecule has 0 atom stereocenters. The fraction of sp³-hybridized carbons (Fsp3) is 0.667. The number of anilines is 1. The van der Waals surface area contributed by atoms with Gasteiger partial charge in [-0.2, -0.15) is 4.98 Å². The van der Waals surface area contributed by atoms with Crippen LogP contribution in [0.3, 0.4) is 0 Å². The molecule has 17 heavy (non-hydrogen) atoms. The predicted molar refractivity (Wildman–Crippen MR) is 67.5 cm³/mol. The zero-order valence-corrected chi connectivity index (χ0v) is 10.8. The summed E-state index contributed by atoms with van der Waals surface area (Å²) in [6.07, 6.45) is 2.29. The molecule has 0 radical (unpaired) electrons. The molecule has 1 heterocycles. The van der Waals surface area contributed by atoms with E-state index >= 15 is 0 Å². The fourth-order valence-corrected chi connectivity index (χ4v) is 1.33. The smallest absolute Gasteiger partial charge is 0.218 e. The summed E-state index contributed by atoms with van der Waals surface area (Å²) in [6.45, 7) is 5.99. The number of hydrogen-bond donors (Lipinski definition) is 1. The first kappa shape index (κ1) is 13.7. The molecule has 0 aromatic carbocycles. The van der Waals surface area contributed by atoms with Crippen LogP contribution in [0.2, 0.25) is 0 Å². The molecular formula is C12H21N3O2. The summed E-state index contributed by atoms with van der Waals surface area (Å²) in [7, 11) is 1.65. The molecule has 1 N–H and O–H groups in total. The maximum atomic E-state index is 5.46. The van der Waals surface area contributed by atoms with Crippen molar-refractivity contribution < 1.29 is 9.47 Å². The molecule has 0 saturated heterocycles. The molecule has 1 rings (SSSR count). The molecule has 0 spiro atoms. The van der Waals surface area contributed by atoms with Gasteiger partial charge in [-0.25, -0.2) is 4.98 Å². The third-order valence-corrected chi connectivity index (χ3v) is 2.19. The molecule has 0 aliphatic carbocycles. The lowest BCUT2D eigenvalue weighted by atomic mass is 10.3. The van der Waals surface area contributed by atoms with E-state index in [1.54, 1.807) is 7.11 Å². The molecule has 0 aliphatic heterocycles. The summed E-state index contributed by atoms with van der Waals surface area (Å²) >= 11 is 0. The van der Waals surface area contributed by atoms with E-state index in [0.717, 1.165) is 25.2 Å². The largest absolute Gasteiger partial charge is 0.475 e. The molecule has 1 aromatic heterocycles. The van der Waals surface area contributed by atoms with Crippen molar-refractivity contribution in [2.45, 2.75) is 26.7 Å². The van der Waals surface area contributed by atoms with Crippen LogP contribution in [-0.4, -0.2) is 36.8 Å². The first-order valence-electron chi connectivity index (χ1n) is 5.97. The maximum absolute atomic E-state index is 5.46. The van der Waals surface area contributed by atoms with Crippen molar-refractivity contribution in [3.05, 3.63) is 11.9 Å². The van der Waals surface area contributed by atoms with Gasteiger partial charge >= 0.3 is 0 Å². The number of hydrogen-bond acceptors (Lipinski definition) is 5. The van der Waals surface area contributed by atoms with E-state index in [0.29, 0.717) is 24.9 Å². The average Bonchev–Trinajstić information content (AvgIpc) is 2.29. The van der Waals surface area contributed by atoms with E-state index in [1.807, 2.05) is 13.0 Å². The number of nitrogens with one attached hydrogen (secondary N) is 1. The first-order chi connectivity index (χ1) is 8.26. The summed E-state index contributed by atoms with van der Waals surface area (Å²) in [5.41, 5.74) is 0. The second kappa shape index (κ2) is 7.84. The van der Waals surface area contributed by atoms with Crippen LogP contribution >= 0.6 is 0 Å². The zero-order valence-electron chi connectivity index (χ0n) is 10.8. The zero-order chi connectivity index (χ0) is 12.5. The molecule has 0 saturated carbocycles. The summed E-state index contributed by atoms with van der Waals surface area (Å²) in [5.74, 6) is 2.12. The van der Waals surface area contributed by atoms with Gasteiger partial charge in [0.2, 0.25) is 5.88 Å². The maximum Gasteiger partial charge on any atom is 0.218 e. The quantitative estimate of drug-likeness (QED) is 0.703. The number of ether oxygens (including phenoxy) is 2. The molecule has 5 nitrogen and oxygen atoms in total. The van der Waals surface area contributed by atoms with Gasteiger partial charge in [0.05, 0.1) is 6.61 Å². The highest BCUT2D eigenvalue weighted by Crippen LogP contribution is 2.13. The van der Waals surface area contributed by atoms with Crippen LogP contribution in [0.1, 0.15) is 25.6 Å². The van der Waals surface area contributed by atoms with Crippen molar-refractivity contribution in [1.29, 1.82) is 0 Å². The van der Waals surface area contributed by atoms with Gasteiger partial charge in [0.1, 0.15) is 18.2 Å². The van der Waals surface area contributed by atoms with Crippen LogP contribution in [0.15, 0.2) is 6.07 Å². The molecule has 96 valence electrons. The van der Waals surface area contributed by atoms with Crippen molar-refractivity contribution in [1.82, 2.24) is 9.97 Å². The molecule has 0 aliphatic rings. The Hall–Kier alpha value is -1.36. The summed E-state index contributed by atoms with van der Waals surface area (Å²) in [4.78, 5) is 8.51. The Morgan fingerprint density at radius 2 is 2.12 bits per heavy atom. The van der Waals surface area contributed by atoms with Crippen LogP contribution in [-0.2, 0) is 4.74 Å². The van der Waals surface area contributed by atoms with E-state index in [2.05, 4.69) is 22.2 Å². The highest BCUT2D eigenvalue weighted by molar-refractivity contribution is 5.38. The number of aromatic nitrogens is 2. The van der Waals surface area contributed by atoms with E-state index < -0.39 is 0 Å². The molecule has 0 fully saturated rings. The summed E-state index contributed by atoms with van der Waals surface area (Å²) in [6, 6.07) is 1.82. The van der Waals surface area contributed by atoms with Gasteiger partial charge in [-0.15, -0.1) is 0 Å². The van der Waals surface area contributed by atoms with Crippen molar-refractivity contribution in [2.75, 3.05) is 32.2 Å². The fourth-order valence-electron chi connectivity index (χ4n) is 1.33. The number of methoxy groups -OCH3 is 1. The van der Waals surface area contributed by atoms with Gasteiger partial charge in [0.15, 0.2) is 0 Å². The SMILES string of the molecule is CCCCNc1cc(OCCOC)nc(C)n1.